The highest BCUT2D eigenvalue weighted by atomic mass is 35.5. The first-order valence-electron chi connectivity index (χ1n) is 6.43. The molecule has 0 saturated heterocycles. The van der Waals surface area contributed by atoms with Gasteiger partial charge in [0.15, 0.2) is 0 Å². The molecular weight excluding hydrogens is 238 g/mol. The molecule has 5 heteroatoms. The zero-order chi connectivity index (χ0) is 11.8. The minimum absolute atomic E-state index is 0.222. The van der Waals surface area contributed by atoms with Gasteiger partial charge >= 0.3 is 6.01 Å². The van der Waals surface area contributed by atoms with Gasteiger partial charge in [0.2, 0.25) is 5.89 Å². The Hall–Kier alpha value is -0.770. The van der Waals surface area contributed by atoms with Crippen LogP contribution in [0.4, 0.5) is 6.01 Å². The van der Waals surface area contributed by atoms with E-state index in [0.29, 0.717) is 11.9 Å². The zero-order valence-electron chi connectivity index (χ0n) is 10.0. The number of aromatic nitrogens is 2. The summed E-state index contributed by atoms with van der Waals surface area (Å²) in [7, 11) is 0. The lowest BCUT2D eigenvalue weighted by molar-refractivity contribution is 0.345. The van der Waals surface area contributed by atoms with E-state index in [2.05, 4.69) is 15.5 Å². The topological polar surface area (TPSA) is 51.0 Å². The van der Waals surface area contributed by atoms with Crippen LogP contribution in [-0.2, 0) is 0 Å². The fourth-order valence-corrected chi connectivity index (χ4v) is 3.40. The van der Waals surface area contributed by atoms with E-state index in [1.807, 2.05) is 6.92 Å². The Balaban J connectivity index is 1.53. The summed E-state index contributed by atoms with van der Waals surface area (Å²) < 4.78 is 5.42. The van der Waals surface area contributed by atoms with Gasteiger partial charge in [0.1, 0.15) is 5.38 Å². The summed E-state index contributed by atoms with van der Waals surface area (Å²) in [4.78, 5) is 0. The Morgan fingerprint density at radius 3 is 2.88 bits per heavy atom. The Kier molecular flexibility index (Phi) is 2.99. The van der Waals surface area contributed by atoms with Crippen LogP contribution in [0.25, 0.3) is 0 Å². The lowest BCUT2D eigenvalue weighted by atomic mass is 9.89. The first-order valence-corrected chi connectivity index (χ1v) is 6.87. The molecule has 0 aromatic carbocycles. The molecular formula is C12H18ClN3O. The van der Waals surface area contributed by atoms with E-state index >= 15 is 0 Å². The van der Waals surface area contributed by atoms with Gasteiger partial charge in [0, 0.05) is 6.54 Å². The minimum atomic E-state index is -0.222. The summed E-state index contributed by atoms with van der Waals surface area (Å²) in [6, 6.07) is 0.510. The van der Waals surface area contributed by atoms with Crippen LogP contribution in [-0.4, -0.2) is 16.7 Å². The quantitative estimate of drug-likeness (QED) is 0.840. The molecule has 0 radical (unpaired) electrons. The van der Waals surface area contributed by atoms with Gasteiger partial charge in [0.05, 0.1) is 0 Å². The molecule has 94 valence electrons. The molecule has 4 atom stereocenters. The highest BCUT2D eigenvalue weighted by molar-refractivity contribution is 6.20. The number of hydrogen-bond acceptors (Lipinski definition) is 4. The Bertz CT molecular complexity index is 393. The number of halogens is 1. The molecule has 2 saturated carbocycles. The van der Waals surface area contributed by atoms with Gasteiger partial charge in [0.25, 0.3) is 0 Å². The second-order valence-electron chi connectivity index (χ2n) is 5.38. The average molecular weight is 256 g/mol. The maximum atomic E-state index is 5.87. The molecule has 0 aliphatic heterocycles. The zero-order valence-corrected chi connectivity index (χ0v) is 10.8. The number of alkyl halides is 1. The van der Waals surface area contributed by atoms with Gasteiger partial charge in [-0.05, 0) is 43.9 Å². The van der Waals surface area contributed by atoms with Crippen molar-refractivity contribution in [3.63, 3.8) is 0 Å². The van der Waals surface area contributed by atoms with Crippen molar-refractivity contribution in [3.8, 4) is 0 Å². The standard InChI is InChI=1S/C12H18ClN3O/c1-7(13)11-15-16-12(17-11)14-6-10-5-8-2-3-9(10)4-8/h7-10H,2-6H2,1H3,(H,14,16). The normalized spacial score (nSPS) is 32.9. The minimum Gasteiger partial charge on any atom is -0.407 e. The van der Waals surface area contributed by atoms with Crippen LogP contribution in [0.1, 0.15) is 43.9 Å². The van der Waals surface area contributed by atoms with Gasteiger partial charge in [-0.3, -0.25) is 0 Å². The van der Waals surface area contributed by atoms with Crippen LogP contribution in [0.3, 0.4) is 0 Å². The van der Waals surface area contributed by atoms with Gasteiger partial charge in [-0.15, -0.1) is 16.7 Å². The van der Waals surface area contributed by atoms with Crippen molar-refractivity contribution < 1.29 is 4.42 Å². The molecule has 2 aliphatic carbocycles. The summed E-state index contributed by atoms with van der Waals surface area (Å²) >= 11 is 5.87. The summed E-state index contributed by atoms with van der Waals surface area (Å²) in [5, 5.41) is 10.9. The molecule has 3 rings (SSSR count). The molecule has 2 fully saturated rings. The van der Waals surface area contributed by atoms with Crippen molar-refractivity contribution in [1.82, 2.24) is 10.2 Å². The average Bonchev–Trinajstić information content (AvgIpc) is 3.02. The van der Waals surface area contributed by atoms with E-state index in [-0.39, 0.29) is 5.38 Å². The molecule has 0 amide bonds. The van der Waals surface area contributed by atoms with Gasteiger partial charge < -0.3 is 9.73 Å². The molecule has 2 aliphatic rings. The van der Waals surface area contributed by atoms with Gasteiger partial charge in [-0.1, -0.05) is 11.5 Å². The van der Waals surface area contributed by atoms with Gasteiger partial charge in [-0.25, -0.2) is 0 Å². The molecule has 1 aromatic rings. The molecule has 1 heterocycles. The fourth-order valence-electron chi connectivity index (χ4n) is 3.31. The van der Waals surface area contributed by atoms with Crippen LogP contribution < -0.4 is 5.32 Å². The molecule has 2 bridgehead atoms. The van der Waals surface area contributed by atoms with Crippen LogP contribution in [0.15, 0.2) is 4.42 Å². The van der Waals surface area contributed by atoms with Crippen molar-refractivity contribution in [1.29, 1.82) is 0 Å². The van der Waals surface area contributed by atoms with Crippen molar-refractivity contribution >= 4 is 17.6 Å². The maximum absolute atomic E-state index is 5.87. The number of nitrogens with one attached hydrogen (secondary N) is 1. The molecule has 1 aromatic heterocycles. The molecule has 4 unspecified atom stereocenters. The van der Waals surface area contributed by atoms with E-state index in [4.69, 9.17) is 16.0 Å². The van der Waals surface area contributed by atoms with Crippen LogP contribution >= 0.6 is 11.6 Å². The van der Waals surface area contributed by atoms with Crippen LogP contribution in [0.2, 0.25) is 0 Å². The van der Waals surface area contributed by atoms with E-state index in [9.17, 15) is 0 Å². The third-order valence-corrected chi connectivity index (χ3v) is 4.37. The SMILES string of the molecule is CC(Cl)c1nnc(NCC2CC3CCC2C3)o1. The number of hydrogen-bond donors (Lipinski definition) is 1. The number of anilines is 1. The molecule has 17 heavy (non-hydrogen) atoms. The molecule has 4 nitrogen and oxygen atoms in total. The Morgan fingerprint density at radius 2 is 2.29 bits per heavy atom. The highest BCUT2D eigenvalue weighted by Gasteiger charge is 2.39. The molecule has 0 spiro atoms. The summed E-state index contributed by atoms with van der Waals surface area (Å²) in [5.41, 5.74) is 0. The number of fused-ring (bicyclic) bond motifs is 2. The lowest BCUT2D eigenvalue weighted by Crippen LogP contribution is -2.20. The summed E-state index contributed by atoms with van der Waals surface area (Å²) in [6.45, 7) is 2.79. The van der Waals surface area contributed by atoms with Gasteiger partial charge in [-0.2, -0.15) is 0 Å². The van der Waals surface area contributed by atoms with Crippen molar-refractivity contribution in [2.45, 2.75) is 38.0 Å². The second-order valence-corrected chi connectivity index (χ2v) is 6.03. The van der Waals surface area contributed by atoms with E-state index < -0.39 is 0 Å². The lowest BCUT2D eigenvalue weighted by Gasteiger charge is -2.21. The second kappa shape index (κ2) is 4.48. The van der Waals surface area contributed by atoms with Crippen LogP contribution in [0.5, 0.6) is 0 Å². The van der Waals surface area contributed by atoms with E-state index in [1.165, 1.54) is 25.7 Å². The van der Waals surface area contributed by atoms with E-state index in [1.54, 1.807) is 0 Å². The van der Waals surface area contributed by atoms with Crippen molar-refractivity contribution in [2.24, 2.45) is 17.8 Å². The first-order chi connectivity index (χ1) is 8.22. The van der Waals surface area contributed by atoms with Crippen molar-refractivity contribution in [2.75, 3.05) is 11.9 Å². The number of nitrogens with zero attached hydrogens (tertiary/aromatic N) is 2. The van der Waals surface area contributed by atoms with Crippen LogP contribution in [0, 0.1) is 17.8 Å². The predicted octanol–water partition coefficient (Wildman–Crippen LogP) is 3.22. The number of rotatable bonds is 4. The van der Waals surface area contributed by atoms with E-state index in [0.717, 1.165) is 24.3 Å². The smallest absolute Gasteiger partial charge is 0.315 e. The first kappa shape index (κ1) is 11.3. The third-order valence-electron chi connectivity index (χ3n) is 4.18. The predicted molar refractivity (Wildman–Crippen MR) is 66.0 cm³/mol. The Morgan fingerprint density at radius 1 is 1.41 bits per heavy atom. The summed E-state index contributed by atoms with van der Waals surface area (Å²) in [6.07, 6.45) is 5.64. The molecule has 1 N–H and O–H groups in total. The summed E-state index contributed by atoms with van der Waals surface area (Å²) in [5.74, 6) is 3.18. The highest BCUT2D eigenvalue weighted by Crippen LogP contribution is 2.48. The third kappa shape index (κ3) is 2.28. The maximum Gasteiger partial charge on any atom is 0.315 e. The van der Waals surface area contributed by atoms with Crippen molar-refractivity contribution in [3.05, 3.63) is 5.89 Å². The largest absolute Gasteiger partial charge is 0.407 e. The Labute approximate surface area is 106 Å². The monoisotopic (exact) mass is 255 g/mol. The fraction of sp³-hybridized carbons (Fsp3) is 0.833.